The van der Waals surface area contributed by atoms with Crippen molar-refractivity contribution in [3.63, 3.8) is 0 Å². The fourth-order valence-corrected chi connectivity index (χ4v) is 2.47. The van der Waals surface area contributed by atoms with E-state index in [1.807, 2.05) is 13.8 Å². The number of halogens is 2. The first kappa shape index (κ1) is 14.4. The summed E-state index contributed by atoms with van der Waals surface area (Å²) in [5.41, 5.74) is 1.74. The summed E-state index contributed by atoms with van der Waals surface area (Å²) in [6, 6.07) is 0. The van der Waals surface area contributed by atoms with Crippen LogP contribution in [0.15, 0.2) is 12.5 Å². The molecule has 3 aromatic rings. The third kappa shape index (κ3) is 2.18. The van der Waals surface area contributed by atoms with E-state index in [9.17, 15) is 8.78 Å². The average molecular weight is 307 g/mol. The Morgan fingerprint density at radius 1 is 1.32 bits per heavy atom. The van der Waals surface area contributed by atoms with Crippen LogP contribution in [-0.2, 0) is 13.5 Å². The van der Waals surface area contributed by atoms with Crippen molar-refractivity contribution in [1.82, 2.24) is 29.4 Å². The molecule has 0 aliphatic carbocycles. The number of alkyl halides is 2. The Morgan fingerprint density at radius 3 is 2.77 bits per heavy atom. The molecule has 7 nitrogen and oxygen atoms in total. The van der Waals surface area contributed by atoms with Crippen molar-refractivity contribution in [1.29, 1.82) is 0 Å². The highest BCUT2D eigenvalue weighted by Crippen LogP contribution is 2.30. The molecule has 0 unspecified atom stereocenters. The van der Waals surface area contributed by atoms with Crippen LogP contribution in [0.1, 0.15) is 30.3 Å². The van der Waals surface area contributed by atoms with Gasteiger partial charge in [0, 0.05) is 18.3 Å². The van der Waals surface area contributed by atoms with Crippen molar-refractivity contribution >= 4 is 17.3 Å². The first-order valence-electron chi connectivity index (χ1n) is 6.79. The fourth-order valence-electron chi connectivity index (χ4n) is 2.47. The maximum absolute atomic E-state index is 13.2. The second-order valence-corrected chi connectivity index (χ2v) is 4.84. The average Bonchev–Trinajstić information content (AvgIpc) is 3.05. The number of nitrogens with zero attached hydrogens (tertiary/aromatic N) is 6. The molecule has 0 amide bonds. The number of hydrogen-bond donors (Lipinski definition) is 1. The van der Waals surface area contributed by atoms with Crippen LogP contribution in [0.5, 0.6) is 0 Å². The zero-order chi connectivity index (χ0) is 15.9. The third-order valence-corrected chi connectivity index (χ3v) is 3.53. The van der Waals surface area contributed by atoms with Crippen molar-refractivity contribution in [2.75, 3.05) is 5.32 Å². The summed E-state index contributed by atoms with van der Waals surface area (Å²) < 4.78 is 29.1. The summed E-state index contributed by atoms with van der Waals surface area (Å²) in [7, 11) is 1.48. The van der Waals surface area contributed by atoms with Gasteiger partial charge < -0.3 is 5.32 Å². The van der Waals surface area contributed by atoms with Crippen molar-refractivity contribution in [3.05, 3.63) is 29.5 Å². The first-order valence-corrected chi connectivity index (χ1v) is 6.79. The maximum Gasteiger partial charge on any atom is 0.282 e. The maximum atomic E-state index is 13.2. The third-order valence-electron chi connectivity index (χ3n) is 3.53. The fraction of sp³-hybridized carbons (Fsp3) is 0.385. The largest absolute Gasteiger partial charge is 0.337 e. The molecule has 3 aromatic heterocycles. The standard InChI is InChI=1S/C13H15F2N7/c1-4-8-7(2)19-13-16-6-18-22(13)12(8)20-9-5-17-21(3)10(9)11(14)15/h5-6,11,20H,4H2,1-3H3. The van der Waals surface area contributed by atoms with E-state index < -0.39 is 6.43 Å². The van der Waals surface area contributed by atoms with Gasteiger partial charge in [0.15, 0.2) is 0 Å². The van der Waals surface area contributed by atoms with Gasteiger partial charge in [0.2, 0.25) is 0 Å². The smallest absolute Gasteiger partial charge is 0.282 e. The topological polar surface area (TPSA) is 72.9 Å². The number of nitrogens with one attached hydrogen (secondary N) is 1. The molecular weight excluding hydrogens is 292 g/mol. The van der Waals surface area contributed by atoms with E-state index in [1.54, 1.807) is 0 Å². The van der Waals surface area contributed by atoms with E-state index in [0.29, 0.717) is 18.0 Å². The number of anilines is 2. The minimum absolute atomic E-state index is 0.176. The lowest BCUT2D eigenvalue weighted by molar-refractivity contribution is 0.141. The Morgan fingerprint density at radius 2 is 2.09 bits per heavy atom. The van der Waals surface area contributed by atoms with Crippen molar-refractivity contribution in [3.8, 4) is 0 Å². The number of hydrogen-bond acceptors (Lipinski definition) is 5. The van der Waals surface area contributed by atoms with E-state index in [1.165, 1.54) is 24.1 Å². The molecule has 0 bridgehead atoms. The minimum Gasteiger partial charge on any atom is -0.337 e. The number of aryl methyl sites for hydroxylation is 2. The SMILES string of the molecule is CCc1c(C)nc2ncnn2c1Nc1cnn(C)c1C(F)F. The molecule has 0 saturated heterocycles. The Labute approximate surface area is 125 Å². The second kappa shape index (κ2) is 5.32. The number of aromatic nitrogens is 6. The zero-order valence-electron chi connectivity index (χ0n) is 12.4. The van der Waals surface area contributed by atoms with E-state index in [-0.39, 0.29) is 11.4 Å². The zero-order valence-corrected chi connectivity index (χ0v) is 12.4. The van der Waals surface area contributed by atoms with Crippen LogP contribution in [-0.4, -0.2) is 29.4 Å². The van der Waals surface area contributed by atoms with Crippen LogP contribution in [0.25, 0.3) is 5.78 Å². The summed E-state index contributed by atoms with van der Waals surface area (Å²) in [5.74, 6) is 0.997. The van der Waals surface area contributed by atoms with Gasteiger partial charge in [-0.05, 0) is 13.3 Å². The molecule has 0 aliphatic heterocycles. The normalized spacial score (nSPS) is 11.5. The quantitative estimate of drug-likeness (QED) is 0.801. The predicted molar refractivity (Wildman–Crippen MR) is 76.3 cm³/mol. The molecule has 0 aromatic carbocycles. The van der Waals surface area contributed by atoms with E-state index in [2.05, 4.69) is 25.5 Å². The van der Waals surface area contributed by atoms with E-state index in [4.69, 9.17) is 0 Å². The van der Waals surface area contributed by atoms with E-state index >= 15 is 0 Å². The Kier molecular flexibility index (Phi) is 3.47. The van der Waals surface area contributed by atoms with Crippen LogP contribution in [0, 0.1) is 6.92 Å². The molecule has 22 heavy (non-hydrogen) atoms. The summed E-state index contributed by atoms with van der Waals surface area (Å²) in [4.78, 5) is 8.40. The van der Waals surface area contributed by atoms with Gasteiger partial charge in [0.1, 0.15) is 17.8 Å². The highest BCUT2D eigenvalue weighted by atomic mass is 19.3. The van der Waals surface area contributed by atoms with Crippen LogP contribution >= 0.6 is 0 Å². The van der Waals surface area contributed by atoms with Gasteiger partial charge in [0.05, 0.1) is 11.9 Å². The summed E-state index contributed by atoms with van der Waals surface area (Å²) >= 11 is 0. The van der Waals surface area contributed by atoms with Crippen molar-refractivity contribution in [2.24, 2.45) is 7.05 Å². The minimum atomic E-state index is -2.63. The summed E-state index contributed by atoms with van der Waals surface area (Å²) in [6.07, 6.45) is 0.805. The molecule has 3 heterocycles. The molecule has 0 saturated carbocycles. The molecule has 0 aliphatic rings. The number of rotatable bonds is 4. The Balaban J connectivity index is 2.16. The van der Waals surface area contributed by atoms with Crippen LogP contribution in [0.4, 0.5) is 20.3 Å². The monoisotopic (exact) mass is 307 g/mol. The highest BCUT2D eigenvalue weighted by Gasteiger charge is 2.21. The van der Waals surface area contributed by atoms with Crippen molar-refractivity contribution in [2.45, 2.75) is 26.7 Å². The molecule has 3 rings (SSSR count). The lowest BCUT2D eigenvalue weighted by Crippen LogP contribution is -2.09. The van der Waals surface area contributed by atoms with Crippen LogP contribution in [0.3, 0.4) is 0 Å². The van der Waals surface area contributed by atoms with Gasteiger partial charge in [-0.25, -0.2) is 13.8 Å². The molecule has 0 spiro atoms. The van der Waals surface area contributed by atoms with Gasteiger partial charge in [-0.3, -0.25) is 4.68 Å². The van der Waals surface area contributed by atoms with Crippen LogP contribution < -0.4 is 5.32 Å². The van der Waals surface area contributed by atoms with Gasteiger partial charge in [-0.2, -0.15) is 19.7 Å². The molecule has 1 N–H and O–H groups in total. The summed E-state index contributed by atoms with van der Waals surface area (Å²) in [6.45, 7) is 3.82. The highest BCUT2D eigenvalue weighted by molar-refractivity contribution is 5.64. The first-order chi connectivity index (χ1) is 10.5. The molecule has 0 atom stereocenters. The Bertz CT molecular complexity index is 821. The lowest BCUT2D eigenvalue weighted by atomic mass is 10.1. The van der Waals surface area contributed by atoms with Crippen LogP contribution in [0.2, 0.25) is 0 Å². The second-order valence-electron chi connectivity index (χ2n) is 4.84. The van der Waals surface area contributed by atoms with Gasteiger partial charge in [-0.15, -0.1) is 0 Å². The predicted octanol–water partition coefficient (Wildman–Crippen LogP) is 2.41. The Hall–Kier alpha value is -2.58. The molecule has 116 valence electrons. The summed E-state index contributed by atoms with van der Waals surface area (Å²) in [5, 5.41) is 11.0. The van der Waals surface area contributed by atoms with Gasteiger partial charge in [-0.1, -0.05) is 6.92 Å². The molecular formula is C13H15F2N7. The molecule has 0 fully saturated rings. The molecule has 9 heteroatoms. The van der Waals surface area contributed by atoms with E-state index in [0.717, 1.165) is 15.9 Å². The van der Waals surface area contributed by atoms with Gasteiger partial charge >= 0.3 is 0 Å². The number of fused-ring (bicyclic) bond motifs is 1. The van der Waals surface area contributed by atoms with Gasteiger partial charge in [0.25, 0.3) is 12.2 Å². The lowest BCUT2D eigenvalue weighted by Gasteiger charge is -2.14. The van der Waals surface area contributed by atoms with Crippen molar-refractivity contribution < 1.29 is 8.78 Å². The molecule has 0 radical (unpaired) electrons.